The smallest absolute Gasteiger partial charge is 0.163 e. The van der Waals surface area contributed by atoms with Crippen molar-refractivity contribution in [3.8, 4) is 0 Å². The molecule has 4 heteroatoms. The Bertz CT molecular complexity index is 320. The van der Waals surface area contributed by atoms with E-state index in [9.17, 15) is 19.2 Å². The molecule has 0 bridgehead atoms. The molecular weight excluding hydrogens is 196 g/mol. The van der Waals surface area contributed by atoms with Crippen molar-refractivity contribution in [1.82, 2.24) is 0 Å². The minimum absolute atomic E-state index is 0.0922. The van der Waals surface area contributed by atoms with Gasteiger partial charge in [-0.15, -0.1) is 0 Å². The number of hydrogen-bond acceptors (Lipinski definition) is 4. The van der Waals surface area contributed by atoms with Crippen molar-refractivity contribution in [3.63, 3.8) is 0 Å². The highest BCUT2D eigenvalue weighted by molar-refractivity contribution is 6.19. The van der Waals surface area contributed by atoms with E-state index >= 15 is 0 Å². The lowest BCUT2D eigenvalue weighted by Crippen LogP contribution is -2.20. The van der Waals surface area contributed by atoms with Crippen LogP contribution in [0.1, 0.15) is 27.7 Å². The zero-order chi connectivity index (χ0) is 12.2. The van der Waals surface area contributed by atoms with Crippen LogP contribution in [-0.2, 0) is 19.2 Å². The Hall–Kier alpha value is -1.58. The fraction of sp³-hybridized carbons (Fsp3) is 0.455. The Balaban J connectivity index is 5.26. The van der Waals surface area contributed by atoms with Gasteiger partial charge in [0, 0.05) is 0 Å². The molecule has 15 heavy (non-hydrogen) atoms. The first-order chi connectivity index (χ1) is 6.77. The lowest BCUT2D eigenvalue weighted by atomic mass is 9.95. The number of rotatable bonds is 5. The summed E-state index contributed by atoms with van der Waals surface area (Å²) >= 11 is 0. The minimum atomic E-state index is -0.993. The van der Waals surface area contributed by atoms with Gasteiger partial charge >= 0.3 is 0 Å². The summed E-state index contributed by atoms with van der Waals surface area (Å²) in [6, 6.07) is 0. The van der Waals surface area contributed by atoms with E-state index in [1.165, 1.54) is 27.7 Å². The second kappa shape index (κ2) is 5.34. The van der Waals surface area contributed by atoms with Gasteiger partial charge in [0.15, 0.2) is 11.6 Å². The number of carbonyl (C=O) groups is 4. The summed E-state index contributed by atoms with van der Waals surface area (Å²) in [5.74, 6) is -2.61. The van der Waals surface area contributed by atoms with Crippen LogP contribution in [0.2, 0.25) is 0 Å². The molecule has 0 unspecified atom stereocenters. The second-order valence-electron chi connectivity index (χ2n) is 3.39. The van der Waals surface area contributed by atoms with E-state index in [1.54, 1.807) is 0 Å². The van der Waals surface area contributed by atoms with Gasteiger partial charge in [-0.25, -0.2) is 0 Å². The fourth-order valence-corrected chi connectivity index (χ4v) is 1.17. The van der Waals surface area contributed by atoms with E-state index in [4.69, 9.17) is 0 Å². The molecule has 0 aromatic carbocycles. The Morgan fingerprint density at radius 2 is 1.13 bits per heavy atom. The van der Waals surface area contributed by atoms with Gasteiger partial charge in [-0.2, -0.15) is 0 Å². The molecule has 0 saturated carbocycles. The van der Waals surface area contributed by atoms with Crippen LogP contribution in [-0.4, -0.2) is 23.1 Å². The quantitative estimate of drug-likeness (QED) is 0.384. The zero-order valence-corrected chi connectivity index (χ0v) is 9.29. The van der Waals surface area contributed by atoms with Crippen molar-refractivity contribution in [2.75, 3.05) is 0 Å². The maximum Gasteiger partial charge on any atom is 0.163 e. The van der Waals surface area contributed by atoms with Crippen molar-refractivity contribution < 1.29 is 19.2 Å². The summed E-state index contributed by atoms with van der Waals surface area (Å²) in [4.78, 5) is 44.3. The Morgan fingerprint density at radius 1 is 0.800 bits per heavy atom. The largest absolute Gasteiger partial charge is 0.299 e. The predicted octanol–water partition coefficient (Wildman–Crippen LogP) is 0.885. The third-order valence-electron chi connectivity index (χ3n) is 1.97. The van der Waals surface area contributed by atoms with Crippen LogP contribution >= 0.6 is 0 Å². The molecule has 0 spiro atoms. The summed E-state index contributed by atoms with van der Waals surface area (Å²) in [7, 11) is 0. The van der Waals surface area contributed by atoms with E-state index < -0.39 is 17.5 Å². The van der Waals surface area contributed by atoms with Gasteiger partial charge in [0.2, 0.25) is 0 Å². The van der Waals surface area contributed by atoms with Crippen LogP contribution in [0.25, 0.3) is 0 Å². The SMILES string of the molecule is CC(=O)C(=CC(C(C)=O)C(C)=O)C(C)=O. The van der Waals surface area contributed by atoms with Crippen molar-refractivity contribution in [2.24, 2.45) is 5.92 Å². The predicted molar refractivity (Wildman–Crippen MR) is 54.3 cm³/mol. The van der Waals surface area contributed by atoms with Gasteiger partial charge in [-0.1, -0.05) is 6.08 Å². The first kappa shape index (κ1) is 13.4. The molecule has 0 aliphatic carbocycles. The molecular formula is C11H14O4. The van der Waals surface area contributed by atoms with Crippen LogP contribution in [0.4, 0.5) is 0 Å². The Kier molecular flexibility index (Phi) is 4.78. The number of ketones is 4. The highest BCUT2D eigenvalue weighted by Gasteiger charge is 2.20. The lowest BCUT2D eigenvalue weighted by molar-refractivity contribution is -0.128. The first-order valence-corrected chi connectivity index (χ1v) is 4.52. The maximum absolute atomic E-state index is 11.1. The summed E-state index contributed by atoms with van der Waals surface area (Å²) in [6.45, 7) is 4.95. The number of carbonyl (C=O) groups excluding carboxylic acids is 4. The highest BCUT2D eigenvalue weighted by Crippen LogP contribution is 2.09. The van der Waals surface area contributed by atoms with Gasteiger partial charge in [-0.3, -0.25) is 19.2 Å². The molecule has 0 rings (SSSR count). The molecule has 4 nitrogen and oxygen atoms in total. The standard InChI is InChI=1S/C11H14O4/c1-6(12)10(7(2)13)5-11(8(3)14)9(4)15/h5,10H,1-4H3. The molecule has 0 N–H and O–H groups in total. The van der Waals surface area contributed by atoms with Crippen molar-refractivity contribution in [1.29, 1.82) is 0 Å². The fourth-order valence-electron chi connectivity index (χ4n) is 1.17. The summed E-state index contributed by atoms with van der Waals surface area (Å²) < 4.78 is 0. The Morgan fingerprint density at radius 3 is 1.33 bits per heavy atom. The number of allylic oxidation sites excluding steroid dienone is 2. The van der Waals surface area contributed by atoms with Gasteiger partial charge in [0.1, 0.15) is 11.6 Å². The van der Waals surface area contributed by atoms with Crippen molar-refractivity contribution >= 4 is 23.1 Å². The van der Waals surface area contributed by atoms with E-state index in [0.29, 0.717) is 0 Å². The molecule has 0 aliphatic rings. The van der Waals surface area contributed by atoms with Crippen molar-refractivity contribution in [3.05, 3.63) is 11.6 Å². The van der Waals surface area contributed by atoms with Crippen LogP contribution in [0.15, 0.2) is 11.6 Å². The van der Waals surface area contributed by atoms with Gasteiger partial charge < -0.3 is 0 Å². The highest BCUT2D eigenvalue weighted by atomic mass is 16.2. The lowest BCUT2D eigenvalue weighted by Gasteiger charge is -2.06. The van der Waals surface area contributed by atoms with Crippen LogP contribution in [0.3, 0.4) is 0 Å². The normalized spacial score (nSPS) is 9.67. The average Bonchev–Trinajstić information content (AvgIpc) is 2.01. The molecule has 0 saturated heterocycles. The van der Waals surface area contributed by atoms with Crippen LogP contribution in [0.5, 0.6) is 0 Å². The van der Waals surface area contributed by atoms with E-state index in [1.807, 2.05) is 0 Å². The molecule has 82 valence electrons. The zero-order valence-electron chi connectivity index (χ0n) is 9.29. The van der Waals surface area contributed by atoms with Crippen molar-refractivity contribution in [2.45, 2.75) is 27.7 Å². The molecule has 0 aromatic rings. The maximum atomic E-state index is 11.1. The van der Waals surface area contributed by atoms with E-state index in [-0.39, 0.29) is 17.1 Å². The average molecular weight is 210 g/mol. The first-order valence-electron chi connectivity index (χ1n) is 4.52. The van der Waals surface area contributed by atoms with E-state index in [2.05, 4.69) is 0 Å². The number of Topliss-reactive ketones (excluding diaryl/α,β-unsaturated/α-hetero) is 4. The van der Waals surface area contributed by atoms with E-state index in [0.717, 1.165) is 6.08 Å². The topological polar surface area (TPSA) is 68.3 Å². The molecule has 0 radical (unpaired) electrons. The minimum Gasteiger partial charge on any atom is -0.299 e. The molecule has 0 heterocycles. The Labute approximate surface area is 88.3 Å². The monoisotopic (exact) mass is 210 g/mol. The van der Waals surface area contributed by atoms with Gasteiger partial charge in [0.25, 0.3) is 0 Å². The molecule has 0 aromatic heterocycles. The molecule has 0 fully saturated rings. The molecule has 0 amide bonds. The van der Waals surface area contributed by atoms with Crippen LogP contribution < -0.4 is 0 Å². The van der Waals surface area contributed by atoms with Crippen LogP contribution in [0, 0.1) is 5.92 Å². The summed E-state index contributed by atoms with van der Waals surface area (Å²) in [6.07, 6.45) is 1.15. The third kappa shape index (κ3) is 3.97. The molecule has 0 atom stereocenters. The van der Waals surface area contributed by atoms with Gasteiger partial charge in [-0.05, 0) is 27.7 Å². The molecule has 0 aliphatic heterocycles. The number of hydrogen-bond donors (Lipinski definition) is 0. The third-order valence-corrected chi connectivity index (χ3v) is 1.97. The summed E-state index contributed by atoms with van der Waals surface area (Å²) in [5, 5.41) is 0. The second-order valence-corrected chi connectivity index (χ2v) is 3.39. The summed E-state index contributed by atoms with van der Waals surface area (Å²) in [5.41, 5.74) is -0.0922. The van der Waals surface area contributed by atoms with Gasteiger partial charge in [0.05, 0.1) is 11.5 Å².